The zero-order chi connectivity index (χ0) is 6.69. The summed E-state index contributed by atoms with van der Waals surface area (Å²) in [7, 11) is 2.59. The lowest BCUT2D eigenvalue weighted by molar-refractivity contribution is 1.37. The Morgan fingerprint density at radius 3 is 2.44 bits per heavy atom. The molecule has 0 heterocycles. The molecule has 1 unspecified atom stereocenters. The molecule has 1 atom stereocenters. The number of anilines is 1. The quantitative estimate of drug-likeness (QED) is 0.338. The Kier molecular flexibility index (Phi) is 2.04. The van der Waals surface area contributed by atoms with Crippen molar-refractivity contribution in [1.29, 1.82) is 0 Å². The van der Waals surface area contributed by atoms with E-state index in [-0.39, 0.29) is 0 Å². The first kappa shape index (κ1) is 6.53. The van der Waals surface area contributed by atoms with Crippen molar-refractivity contribution < 1.29 is 0 Å². The van der Waals surface area contributed by atoms with Crippen LogP contribution in [0.25, 0.3) is 0 Å². The smallest absolute Gasteiger partial charge is 0.0556 e. The van der Waals surface area contributed by atoms with E-state index in [4.69, 9.17) is 5.84 Å². The predicted molar refractivity (Wildman–Crippen MR) is 43.6 cm³/mol. The monoisotopic (exact) mass is 140 g/mol. The van der Waals surface area contributed by atoms with E-state index in [2.05, 4.69) is 14.7 Å². The van der Waals surface area contributed by atoms with Gasteiger partial charge in [-0.3, -0.25) is 5.84 Å². The van der Waals surface area contributed by atoms with Crippen LogP contribution in [0.3, 0.4) is 0 Å². The zero-order valence-corrected chi connectivity index (χ0v) is 6.12. The van der Waals surface area contributed by atoms with E-state index in [0.717, 1.165) is 11.0 Å². The van der Waals surface area contributed by atoms with Crippen LogP contribution in [-0.2, 0) is 0 Å². The van der Waals surface area contributed by atoms with Gasteiger partial charge < -0.3 is 5.43 Å². The first-order chi connectivity index (χ1) is 4.34. The fourth-order valence-corrected chi connectivity index (χ4v) is 0.919. The minimum Gasteiger partial charge on any atom is -0.324 e. The van der Waals surface area contributed by atoms with Crippen molar-refractivity contribution >= 4 is 20.2 Å². The third kappa shape index (κ3) is 1.41. The van der Waals surface area contributed by atoms with Gasteiger partial charge in [0.2, 0.25) is 0 Å². The molecule has 0 fully saturated rings. The molecule has 0 aliphatic carbocycles. The third-order valence-electron chi connectivity index (χ3n) is 1.12. The SMILES string of the molecule is NNc1ccccc1P. The first-order valence-corrected chi connectivity index (χ1v) is 3.23. The molecular formula is C6H9N2P. The molecule has 0 aromatic heterocycles. The van der Waals surface area contributed by atoms with Gasteiger partial charge in [-0.05, 0) is 11.4 Å². The topological polar surface area (TPSA) is 38.0 Å². The average Bonchev–Trinajstić information content (AvgIpc) is 1.89. The zero-order valence-electron chi connectivity index (χ0n) is 4.96. The van der Waals surface area contributed by atoms with Crippen molar-refractivity contribution in [1.82, 2.24) is 0 Å². The molecule has 0 aliphatic rings. The van der Waals surface area contributed by atoms with Crippen molar-refractivity contribution in [2.45, 2.75) is 0 Å². The number of hydrogen-bond acceptors (Lipinski definition) is 2. The summed E-state index contributed by atoms with van der Waals surface area (Å²) >= 11 is 0. The normalized spacial score (nSPS) is 9.11. The Balaban J connectivity index is 3.01. The molecule has 0 bridgehead atoms. The van der Waals surface area contributed by atoms with Gasteiger partial charge >= 0.3 is 0 Å². The second kappa shape index (κ2) is 2.81. The van der Waals surface area contributed by atoms with Crippen LogP contribution in [0, 0.1) is 0 Å². The molecule has 0 radical (unpaired) electrons. The lowest BCUT2D eigenvalue weighted by Crippen LogP contribution is -2.12. The van der Waals surface area contributed by atoms with Crippen LogP contribution < -0.4 is 16.6 Å². The van der Waals surface area contributed by atoms with E-state index in [9.17, 15) is 0 Å². The van der Waals surface area contributed by atoms with Gasteiger partial charge in [0.05, 0.1) is 5.69 Å². The lowest BCUT2D eigenvalue weighted by atomic mass is 10.3. The molecule has 0 saturated carbocycles. The van der Waals surface area contributed by atoms with E-state index in [1.165, 1.54) is 0 Å². The van der Waals surface area contributed by atoms with Crippen LogP contribution >= 0.6 is 9.24 Å². The Hall–Kier alpha value is -0.590. The van der Waals surface area contributed by atoms with E-state index in [0.29, 0.717) is 0 Å². The molecule has 1 aromatic rings. The summed E-state index contributed by atoms with van der Waals surface area (Å²) in [5.74, 6) is 5.19. The summed E-state index contributed by atoms with van der Waals surface area (Å²) in [6, 6.07) is 7.79. The Morgan fingerprint density at radius 2 is 2.00 bits per heavy atom. The molecule has 1 rings (SSSR count). The maximum Gasteiger partial charge on any atom is 0.0556 e. The van der Waals surface area contributed by atoms with Crippen LogP contribution in [0.2, 0.25) is 0 Å². The molecule has 1 aromatic carbocycles. The molecule has 0 spiro atoms. The highest BCUT2D eigenvalue weighted by atomic mass is 31.0. The maximum atomic E-state index is 5.19. The van der Waals surface area contributed by atoms with Crippen molar-refractivity contribution in [3.8, 4) is 0 Å². The second-order valence-electron chi connectivity index (χ2n) is 1.73. The van der Waals surface area contributed by atoms with Crippen LogP contribution in [-0.4, -0.2) is 0 Å². The van der Waals surface area contributed by atoms with E-state index in [1.807, 2.05) is 24.3 Å². The molecule has 0 saturated heterocycles. The molecule has 48 valence electrons. The highest BCUT2D eigenvalue weighted by Crippen LogP contribution is 2.03. The summed E-state index contributed by atoms with van der Waals surface area (Å²) in [6.45, 7) is 0. The highest BCUT2D eigenvalue weighted by molar-refractivity contribution is 7.28. The van der Waals surface area contributed by atoms with Crippen LogP contribution in [0.15, 0.2) is 24.3 Å². The molecule has 3 heteroatoms. The highest BCUT2D eigenvalue weighted by Gasteiger charge is 1.89. The standard InChI is InChI=1S/C6H9N2P/c7-8-5-3-1-2-4-6(5)9/h1-4,8H,7,9H2. The van der Waals surface area contributed by atoms with Gasteiger partial charge in [0.1, 0.15) is 0 Å². The van der Waals surface area contributed by atoms with Crippen LogP contribution in [0.1, 0.15) is 0 Å². The molecule has 0 aliphatic heterocycles. The summed E-state index contributed by atoms with van der Waals surface area (Å²) < 4.78 is 0. The number of para-hydroxylation sites is 1. The number of hydrogen-bond donors (Lipinski definition) is 2. The lowest BCUT2D eigenvalue weighted by Gasteiger charge is -2.00. The van der Waals surface area contributed by atoms with Crippen molar-refractivity contribution in [2.75, 3.05) is 5.43 Å². The van der Waals surface area contributed by atoms with E-state index < -0.39 is 0 Å². The minimum absolute atomic E-state index is 0.947. The average molecular weight is 140 g/mol. The first-order valence-electron chi connectivity index (χ1n) is 2.65. The van der Waals surface area contributed by atoms with Crippen LogP contribution in [0.5, 0.6) is 0 Å². The Morgan fingerprint density at radius 1 is 1.33 bits per heavy atom. The van der Waals surface area contributed by atoms with Crippen molar-refractivity contribution in [3.63, 3.8) is 0 Å². The Bertz CT molecular complexity index is 200. The molecule has 2 nitrogen and oxygen atoms in total. The third-order valence-corrected chi connectivity index (χ3v) is 1.62. The Labute approximate surface area is 56.6 Å². The van der Waals surface area contributed by atoms with E-state index in [1.54, 1.807) is 0 Å². The number of nitrogens with one attached hydrogen (secondary N) is 1. The molecule has 0 amide bonds. The molecule has 3 N–H and O–H groups in total. The maximum absolute atomic E-state index is 5.19. The van der Waals surface area contributed by atoms with Gasteiger partial charge in [-0.25, -0.2) is 0 Å². The van der Waals surface area contributed by atoms with Gasteiger partial charge in [0.25, 0.3) is 0 Å². The molecule has 9 heavy (non-hydrogen) atoms. The van der Waals surface area contributed by atoms with Gasteiger partial charge in [-0.2, -0.15) is 0 Å². The summed E-state index contributed by atoms with van der Waals surface area (Å²) in [5.41, 5.74) is 3.52. The van der Waals surface area contributed by atoms with Gasteiger partial charge in [-0.1, -0.05) is 18.2 Å². The van der Waals surface area contributed by atoms with Crippen molar-refractivity contribution in [3.05, 3.63) is 24.3 Å². The second-order valence-corrected chi connectivity index (χ2v) is 2.35. The largest absolute Gasteiger partial charge is 0.324 e. The summed E-state index contributed by atoms with van der Waals surface area (Å²) in [5, 5.41) is 1.08. The van der Waals surface area contributed by atoms with Gasteiger partial charge in [-0.15, -0.1) is 9.24 Å². The fourth-order valence-electron chi connectivity index (χ4n) is 0.628. The number of rotatable bonds is 1. The number of nitrogen functional groups attached to an aromatic ring is 1. The number of nitrogens with two attached hydrogens (primary N) is 1. The minimum atomic E-state index is 0.947. The molecular weight excluding hydrogens is 131 g/mol. The number of hydrazine groups is 1. The summed E-state index contributed by atoms with van der Waals surface area (Å²) in [6.07, 6.45) is 0. The number of benzene rings is 1. The fraction of sp³-hybridized carbons (Fsp3) is 0. The van der Waals surface area contributed by atoms with Crippen LogP contribution in [0.4, 0.5) is 5.69 Å². The summed E-state index contributed by atoms with van der Waals surface area (Å²) in [4.78, 5) is 0. The van der Waals surface area contributed by atoms with E-state index >= 15 is 0 Å². The van der Waals surface area contributed by atoms with Crippen molar-refractivity contribution in [2.24, 2.45) is 5.84 Å². The predicted octanol–water partition coefficient (Wildman–Crippen LogP) is 0.473. The van der Waals surface area contributed by atoms with Gasteiger partial charge in [0, 0.05) is 0 Å². The van der Waals surface area contributed by atoms with Gasteiger partial charge in [0.15, 0.2) is 0 Å².